The van der Waals surface area contributed by atoms with E-state index in [1.807, 2.05) is 6.92 Å². The van der Waals surface area contributed by atoms with Crippen LogP contribution in [0.2, 0.25) is 0 Å². The summed E-state index contributed by atoms with van der Waals surface area (Å²) in [5.74, 6) is 0. The lowest BCUT2D eigenvalue weighted by atomic mass is 9.98. The van der Waals surface area contributed by atoms with Gasteiger partial charge in [-0.15, -0.1) is 0 Å². The first-order valence-corrected chi connectivity index (χ1v) is 6.22. The van der Waals surface area contributed by atoms with Crippen LogP contribution in [0.1, 0.15) is 32.6 Å². The van der Waals surface area contributed by atoms with Crippen molar-refractivity contribution in [2.24, 2.45) is 5.73 Å². The van der Waals surface area contributed by atoms with Crippen LogP contribution in [0.25, 0.3) is 0 Å². The van der Waals surface area contributed by atoms with E-state index in [2.05, 4.69) is 4.90 Å². The van der Waals surface area contributed by atoms with Gasteiger partial charge in [0.1, 0.15) is 0 Å². The largest absolute Gasteiger partial charge is 0.394 e. The number of aliphatic hydroxyl groups is 1. The Labute approximate surface area is 98.8 Å². The molecule has 96 valence electrons. The highest BCUT2D eigenvalue weighted by Gasteiger charge is 2.28. The summed E-state index contributed by atoms with van der Waals surface area (Å²) < 4.78 is 5.11. The van der Waals surface area contributed by atoms with Gasteiger partial charge >= 0.3 is 0 Å². The van der Waals surface area contributed by atoms with Gasteiger partial charge in [-0.3, -0.25) is 4.90 Å². The number of hydrogen-bond donors (Lipinski definition) is 2. The number of methoxy groups -OCH3 is 1. The molecule has 16 heavy (non-hydrogen) atoms. The predicted molar refractivity (Wildman–Crippen MR) is 65.4 cm³/mol. The molecule has 1 atom stereocenters. The van der Waals surface area contributed by atoms with Crippen LogP contribution in [0.3, 0.4) is 0 Å². The second kappa shape index (κ2) is 6.55. The maximum atomic E-state index is 9.06. The van der Waals surface area contributed by atoms with Crippen molar-refractivity contribution in [1.29, 1.82) is 0 Å². The quantitative estimate of drug-likeness (QED) is 0.608. The Morgan fingerprint density at radius 2 is 2.12 bits per heavy atom. The van der Waals surface area contributed by atoms with Crippen molar-refractivity contribution in [2.45, 2.75) is 44.2 Å². The number of rotatable bonds is 9. The van der Waals surface area contributed by atoms with E-state index >= 15 is 0 Å². The van der Waals surface area contributed by atoms with E-state index in [0.717, 1.165) is 38.6 Å². The van der Waals surface area contributed by atoms with Crippen molar-refractivity contribution >= 4 is 0 Å². The fourth-order valence-electron chi connectivity index (χ4n) is 1.89. The molecule has 0 bridgehead atoms. The van der Waals surface area contributed by atoms with Crippen LogP contribution >= 0.6 is 0 Å². The Hall–Kier alpha value is -0.160. The molecule has 0 aliphatic heterocycles. The third kappa shape index (κ3) is 5.25. The summed E-state index contributed by atoms with van der Waals surface area (Å²) in [7, 11) is 1.74. The molecule has 1 saturated carbocycles. The molecule has 0 radical (unpaired) electrons. The summed E-state index contributed by atoms with van der Waals surface area (Å²) in [4.78, 5) is 2.48. The third-order valence-corrected chi connectivity index (χ3v) is 3.20. The van der Waals surface area contributed by atoms with Gasteiger partial charge < -0.3 is 15.6 Å². The molecule has 1 unspecified atom stereocenters. The number of nitrogens with two attached hydrogens (primary N) is 1. The summed E-state index contributed by atoms with van der Waals surface area (Å²) in [6.45, 7) is 4.86. The molecular weight excluding hydrogens is 204 g/mol. The molecule has 4 nitrogen and oxygen atoms in total. The first-order valence-electron chi connectivity index (χ1n) is 6.22. The lowest BCUT2D eigenvalue weighted by Gasteiger charge is -2.25. The van der Waals surface area contributed by atoms with Gasteiger partial charge in [0, 0.05) is 25.2 Å². The molecule has 0 aromatic rings. The van der Waals surface area contributed by atoms with Crippen molar-refractivity contribution < 1.29 is 9.84 Å². The maximum absolute atomic E-state index is 9.06. The van der Waals surface area contributed by atoms with Crippen molar-refractivity contribution in [1.82, 2.24) is 4.90 Å². The first kappa shape index (κ1) is 13.9. The fraction of sp³-hybridized carbons (Fsp3) is 1.00. The summed E-state index contributed by atoms with van der Waals surface area (Å²) in [6.07, 6.45) is 4.57. The zero-order valence-corrected chi connectivity index (χ0v) is 10.6. The molecule has 0 saturated heterocycles. The number of nitrogens with zero attached hydrogens (tertiary/aromatic N) is 1. The highest BCUT2D eigenvalue weighted by atomic mass is 16.5. The average Bonchev–Trinajstić information content (AvgIpc) is 3.07. The van der Waals surface area contributed by atoms with Crippen LogP contribution < -0.4 is 5.73 Å². The van der Waals surface area contributed by atoms with E-state index < -0.39 is 5.54 Å². The molecule has 1 rings (SSSR count). The lowest BCUT2D eigenvalue weighted by molar-refractivity contribution is 0.137. The van der Waals surface area contributed by atoms with E-state index in [4.69, 9.17) is 15.6 Å². The molecule has 3 N–H and O–H groups in total. The summed E-state index contributed by atoms with van der Waals surface area (Å²) in [5.41, 5.74) is 5.48. The zero-order valence-electron chi connectivity index (χ0n) is 10.6. The molecule has 0 amide bonds. The highest BCUT2D eigenvalue weighted by molar-refractivity contribution is 4.85. The minimum atomic E-state index is -0.420. The van der Waals surface area contributed by atoms with Gasteiger partial charge in [-0.2, -0.15) is 0 Å². The Bertz CT molecular complexity index is 193. The third-order valence-electron chi connectivity index (χ3n) is 3.20. The number of ether oxygens (including phenoxy) is 1. The Kier molecular flexibility index (Phi) is 5.69. The Morgan fingerprint density at radius 3 is 2.62 bits per heavy atom. The predicted octanol–water partition coefficient (Wildman–Crippen LogP) is 0.587. The molecule has 0 aromatic carbocycles. The Balaban J connectivity index is 2.17. The topological polar surface area (TPSA) is 58.7 Å². The van der Waals surface area contributed by atoms with Crippen LogP contribution in [-0.2, 0) is 4.74 Å². The van der Waals surface area contributed by atoms with Crippen molar-refractivity contribution in [2.75, 3.05) is 33.4 Å². The van der Waals surface area contributed by atoms with Crippen LogP contribution in [0, 0.1) is 0 Å². The van der Waals surface area contributed by atoms with Crippen LogP contribution in [0.5, 0.6) is 0 Å². The van der Waals surface area contributed by atoms with Gasteiger partial charge in [-0.25, -0.2) is 0 Å². The second-order valence-electron chi connectivity index (χ2n) is 5.18. The first-order chi connectivity index (χ1) is 7.59. The van der Waals surface area contributed by atoms with Gasteiger partial charge in [0.2, 0.25) is 0 Å². The average molecular weight is 230 g/mol. The summed E-state index contributed by atoms with van der Waals surface area (Å²) in [6, 6.07) is 0.772. The van der Waals surface area contributed by atoms with Crippen molar-refractivity contribution in [3.8, 4) is 0 Å². The van der Waals surface area contributed by atoms with Gasteiger partial charge in [0.15, 0.2) is 0 Å². The summed E-state index contributed by atoms with van der Waals surface area (Å²) >= 11 is 0. The minimum Gasteiger partial charge on any atom is -0.394 e. The van der Waals surface area contributed by atoms with Crippen LogP contribution in [0.4, 0.5) is 0 Å². The zero-order chi connectivity index (χ0) is 12.0. The molecule has 1 fully saturated rings. The molecule has 0 aromatic heterocycles. The van der Waals surface area contributed by atoms with E-state index in [-0.39, 0.29) is 6.61 Å². The van der Waals surface area contributed by atoms with Gasteiger partial charge in [-0.05, 0) is 39.2 Å². The maximum Gasteiger partial charge on any atom is 0.0608 e. The fourth-order valence-corrected chi connectivity index (χ4v) is 1.89. The summed E-state index contributed by atoms with van der Waals surface area (Å²) in [5, 5.41) is 9.06. The van der Waals surface area contributed by atoms with Crippen LogP contribution in [0.15, 0.2) is 0 Å². The molecule has 0 spiro atoms. The highest BCUT2D eigenvalue weighted by Crippen LogP contribution is 2.27. The molecule has 0 heterocycles. The smallest absolute Gasteiger partial charge is 0.0608 e. The molecule has 4 heteroatoms. The molecule has 1 aliphatic carbocycles. The molecule has 1 aliphatic rings. The number of aliphatic hydroxyl groups excluding tert-OH is 1. The van der Waals surface area contributed by atoms with E-state index in [1.54, 1.807) is 7.11 Å². The monoisotopic (exact) mass is 230 g/mol. The van der Waals surface area contributed by atoms with E-state index in [0.29, 0.717) is 0 Å². The van der Waals surface area contributed by atoms with Gasteiger partial charge in [0.05, 0.1) is 13.2 Å². The molecular formula is C12H26N2O2. The van der Waals surface area contributed by atoms with Crippen LogP contribution in [-0.4, -0.2) is 55.0 Å². The van der Waals surface area contributed by atoms with Crippen molar-refractivity contribution in [3.05, 3.63) is 0 Å². The Morgan fingerprint density at radius 1 is 1.44 bits per heavy atom. The standard InChI is InChI=1S/C12H26N2O2/c1-12(13,10-15)6-3-7-14(8-9-16-2)11-4-5-11/h11,15H,3-10,13H2,1-2H3. The lowest BCUT2D eigenvalue weighted by Crippen LogP contribution is -2.41. The SMILES string of the molecule is COCCN(CCCC(C)(N)CO)C1CC1. The second-order valence-corrected chi connectivity index (χ2v) is 5.18. The normalized spacial score (nSPS) is 20.1. The van der Waals surface area contributed by atoms with Crippen molar-refractivity contribution in [3.63, 3.8) is 0 Å². The number of hydrogen-bond acceptors (Lipinski definition) is 4. The van der Waals surface area contributed by atoms with Gasteiger partial charge in [0.25, 0.3) is 0 Å². The van der Waals surface area contributed by atoms with E-state index in [1.165, 1.54) is 12.8 Å². The minimum absolute atomic E-state index is 0.0640. The van der Waals surface area contributed by atoms with E-state index in [9.17, 15) is 0 Å². The van der Waals surface area contributed by atoms with Gasteiger partial charge in [-0.1, -0.05) is 0 Å².